The third kappa shape index (κ3) is 4.22. The molecule has 0 aliphatic heterocycles. The van der Waals surface area contributed by atoms with Crippen molar-refractivity contribution in [3.63, 3.8) is 0 Å². The molecule has 1 N–H and O–H groups in total. The molecule has 0 saturated heterocycles. The summed E-state index contributed by atoms with van der Waals surface area (Å²) >= 11 is 1.14. The van der Waals surface area contributed by atoms with Gasteiger partial charge in [0.15, 0.2) is 0 Å². The van der Waals surface area contributed by atoms with Crippen molar-refractivity contribution < 1.29 is 19.4 Å². The highest BCUT2D eigenvalue weighted by Crippen LogP contribution is 2.60. The van der Waals surface area contributed by atoms with Crippen molar-refractivity contribution in [1.82, 2.24) is 0 Å². The number of carbonyl (C=O) groups is 2. The molecule has 0 spiro atoms. The Bertz CT molecular complexity index is 960. The Morgan fingerprint density at radius 1 is 0.903 bits per heavy atom. The van der Waals surface area contributed by atoms with E-state index in [1.165, 1.54) is 49.8 Å². The first-order valence-corrected chi connectivity index (χ1v) is 11.6. The summed E-state index contributed by atoms with van der Waals surface area (Å²) in [4.78, 5) is 24.8. The molecule has 0 aromatic heterocycles. The van der Waals surface area contributed by atoms with E-state index in [9.17, 15) is 9.59 Å². The number of thioether (sulfide) groups is 1. The SMILES string of the molecule is COc1ccc(C(=O)Sc2ccc(C(=O)O)cc2)cc1C1C2CC3CC(C2)CC1C3.Cl. The van der Waals surface area contributed by atoms with E-state index in [0.717, 1.165) is 46.1 Å². The van der Waals surface area contributed by atoms with Crippen LogP contribution in [-0.2, 0) is 0 Å². The largest absolute Gasteiger partial charge is 0.496 e. The average Bonchev–Trinajstić information content (AvgIpc) is 2.73. The summed E-state index contributed by atoms with van der Waals surface area (Å²) in [5.41, 5.74) is 2.12. The Hall–Kier alpha value is -1.98. The fourth-order valence-electron chi connectivity index (χ4n) is 6.39. The number of benzene rings is 2. The number of carboxylic acids is 1. The van der Waals surface area contributed by atoms with Gasteiger partial charge in [-0.2, -0.15) is 0 Å². The second kappa shape index (κ2) is 8.87. The van der Waals surface area contributed by atoms with Gasteiger partial charge in [0, 0.05) is 10.5 Å². The summed E-state index contributed by atoms with van der Waals surface area (Å²) in [5, 5.41) is 9.02. The number of aromatic carboxylic acids is 1. The lowest BCUT2D eigenvalue weighted by Gasteiger charge is -2.54. The lowest BCUT2D eigenvalue weighted by atomic mass is 9.50. The van der Waals surface area contributed by atoms with Crippen molar-refractivity contribution >= 4 is 35.3 Å². The zero-order valence-corrected chi connectivity index (χ0v) is 19.1. The number of halogens is 1. The van der Waals surface area contributed by atoms with E-state index in [4.69, 9.17) is 9.84 Å². The van der Waals surface area contributed by atoms with Crippen LogP contribution in [0.2, 0.25) is 0 Å². The molecule has 0 radical (unpaired) electrons. The fraction of sp³-hybridized carbons (Fsp3) is 0.440. The molecule has 164 valence electrons. The molecule has 0 amide bonds. The Morgan fingerprint density at radius 3 is 2.03 bits per heavy atom. The van der Waals surface area contributed by atoms with Gasteiger partial charge in [-0.15, -0.1) is 12.4 Å². The van der Waals surface area contributed by atoms with Crippen molar-refractivity contribution in [2.45, 2.75) is 42.9 Å². The fourth-order valence-corrected chi connectivity index (χ4v) is 7.12. The van der Waals surface area contributed by atoms with Crippen molar-refractivity contribution in [2.75, 3.05) is 7.11 Å². The molecule has 0 unspecified atom stereocenters. The maximum atomic E-state index is 13.0. The highest BCUT2D eigenvalue weighted by molar-refractivity contribution is 8.14. The van der Waals surface area contributed by atoms with Gasteiger partial charge < -0.3 is 9.84 Å². The topological polar surface area (TPSA) is 63.6 Å². The van der Waals surface area contributed by atoms with E-state index in [0.29, 0.717) is 11.5 Å². The van der Waals surface area contributed by atoms with Gasteiger partial charge in [-0.25, -0.2) is 4.79 Å². The van der Waals surface area contributed by atoms with Gasteiger partial charge in [0.25, 0.3) is 0 Å². The first-order chi connectivity index (χ1) is 14.5. The molecular formula is C25H27ClO4S. The Labute approximate surface area is 193 Å². The monoisotopic (exact) mass is 458 g/mol. The summed E-state index contributed by atoms with van der Waals surface area (Å²) in [6, 6.07) is 12.3. The molecule has 0 atom stereocenters. The second-order valence-corrected chi connectivity index (χ2v) is 10.2. The number of ether oxygens (including phenoxy) is 1. The minimum Gasteiger partial charge on any atom is -0.496 e. The third-order valence-corrected chi connectivity index (χ3v) is 8.29. The molecule has 2 aromatic rings. The van der Waals surface area contributed by atoms with Crippen LogP contribution in [0.4, 0.5) is 0 Å². The summed E-state index contributed by atoms with van der Waals surface area (Å²) in [7, 11) is 1.72. The van der Waals surface area contributed by atoms with E-state index in [-0.39, 0.29) is 23.1 Å². The van der Waals surface area contributed by atoms with Gasteiger partial charge in [0.05, 0.1) is 12.7 Å². The van der Waals surface area contributed by atoms with Crippen LogP contribution in [0.25, 0.3) is 0 Å². The predicted octanol–water partition coefficient (Wildman–Crippen LogP) is 6.29. The number of methoxy groups -OCH3 is 1. The molecule has 4 fully saturated rings. The third-order valence-electron chi connectivity index (χ3n) is 7.36. The summed E-state index contributed by atoms with van der Waals surface area (Å²) in [5.74, 6) is 3.69. The molecule has 6 rings (SSSR count). The van der Waals surface area contributed by atoms with E-state index in [1.54, 1.807) is 19.2 Å². The Balaban J connectivity index is 0.00000231. The van der Waals surface area contributed by atoms with E-state index in [1.807, 2.05) is 12.1 Å². The number of hydrogen-bond donors (Lipinski definition) is 1. The normalized spacial score (nSPS) is 28.1. The summed E-state index contributed by atoms with van der Waals surface area (Å²) < 4.78 is 5.72. The zero-order valence-electron chi connectivity index (χ0n) is 17.5. The standard InChI is InChI=1S/C25H26O4S.ClH/c1-29-22-7-4-17(25(28)30-20-5-2-16(3-6-20)24(26)27)13-21(22)23-18-9-14-8-15(11-18)12-19(23)10-14;/h2-7,13-15,18-19,23H,8-12H2,1H3,(H,26,27);1H. The van der Waals surface area contributed by atoms with Gasteiger partial charge in [-0.3, -0.25) is 4.79 Å². The molecule has 4 bridgehead atoms. The van der Waals surface area contributed by atoms with Crippen molar-refractivity contribution in [3.8, 4) is 5.75 Å². The van der Waals surface area contributed by atoms with Crippen LogP contribution < -0.4 is 4.74 Å². The molecule has 4 aliphatic carbocycles. The quantitative estimate of drug-likeness (QED) is 0.533. The number of rotatable bonds is 5. The maximum absolute atomic E-state index is 13.0. The highest BCUT2D eigenvalue weighted by Gasteiger charge is 2.49. The highest BCUT2D eigenvalue weighted by atomic mass is 35.5. The molecule has 4 aliphatic rings. The van der Waals surface area contributed by atoms with E-state index in [2.05, 4.69) is 6.07 Å². The van der Waals surface area contributed by atoms with Gasteiger partial charge in [-0.05, 0) is 121 Å². The van der Waals surface area contributed by atoms with Crippen LogP contribution >= 0.6 is 24.2 Å². The lowest BCUT2D eigenvalue weighted by molar-refractivity contribution is -0.00349. The molecule has 4 nitrogen and oxygen atoms in total. The minimum atomic E-state index is -0.965. The minimum absolute atomic E-state index is 0. The first-order valence-electron chi connectivity index (χ1n) is 10.7. The van der Waals surface area contributed by atoms with E-state index < -0.39 is 5.97 Å². The molecule has 31 heavy (non-hydrogen) atoms. The first kappa shape index (κ1) is 22.2. The number of carbonyl (C=O) groups excluding carboxylic acids is 1. The second-order valence-electron chi connectivity index (χ2n) is 9.13. The summed E-state index contributed by atoms with van der Waals surface area (Å²) in [6.45, 7) is 0. The smallest absolute Gasteiger partial charge is 0.335 e. The van der Waals surface area contributed by atoms with Crippen molar-refractivity contribution in [3.05, 3.63) is 59.2 Å². The van der Waals surface area contributed by atoms with Gasteiger partial charge in [-0.1, -0.05) is 0 Å². The maximum Gasteiger partial charge on any atom is 0.335 e. The van der Waals surface area contributed by atoms with Crippen LogP contribution in [0.5, 0.6) is 5.75 Å². The van der Waals surface area contributed by atoms with Crippen molar-refractivity contribution in [2.24, 2.45) is 23.7 Å². The van der Waals surface area contributed by atoms with Gasteiger partial charge in [0.1, 0.15) is 5.75 Å². The van der Waals surface area contributed by atoms with E-state index >= 15 is 0 Å². The molecule has 2 aromatic carbocycles. The molecule has 6 heteroatoms. The average molecular weight is 459 g/mol. The van der Waals surface area contributed by atoms with Crippen LogP contribution in [0.15, 0.2) is 47.4 Å². The number of hydrogen-bond acceptors (Lipinski definition) is 4. The predicted molar refractivity (Wildman–Crippen MR) is 124 cm³/mol. The zero-order chi connectivity index (χ0) is 20.8. The lowest BCUT2D eigenvalue weighted by Crippen LogP contribution is -2.43. The van der Waals surface area contributed by atoms with Crippen LogP contribution in [-0.4, -0.2) is 23.3 Å². The molecule has 0 heterocycles. The Kier molecular flexibility index (Phi) is 6.36. The van der Waals surface area contributed by atoms with Gasteiger partial charge >= 0.3 is 5.97 Å². The van der Waals surface area contributed by atoms with Crippen LogP contribution in [0, 0.1) is 23.7 Å². The Morgan fingerprint density at radius 2 is 1.48 bits per heavy atom. The summed E-state index contributed by atoms with van der Waals surface area (Å²) in [6.07, 6.45) is 6.72. The molecule has 4 saturated carbocycles. The van der Waals surface area contributed by atoms with Crippen LogP contribution in [0.1, 0.15) is 64.3 Å². The van der Waals surface area contributed by atoms with Crippen molar-refractivity contribution in [1.29, 1.82) is 0 Å². The molecular weight excluding hydrogens is 432 g/mol. The van der Waals surface area contributed by atoms with Crippen LogP contribution in [0.3, 0.4) is 0 Å². The number of carboxylic acid groups (broad SMARTS) is 1. The van der Waals surface area contributed by atoms with Gasteiger partial charge in [0.2, 0.25) is 5.12 Å².